The smallest absolute Gasteiger partial charge is 0.222 e. The molecule has 2 aliphatic heterocycles. The number of carbonyl (C=O) groups excluding carboxylic acids is 2. The fourth-order valence-electron chi connectivity index (χ4n) is 3.73. The highest BCUT2D eigenvalue weighted by atomic mass is 35.5. The molecule has 5 nitrogen and oxygen atoms in total. The second-order valence-electron chi connectivity index (χ2n) is 7.23. The van der Waals surface area contributed by atoms with Gasteiger partial charge < -0.3 is 9.80 Å². The number of hydrogen-bond acceptors (Lipinski definition) is 3. The number of nitrogens with zero attached hydrogens (tertiary/aromatic N) is 3. The second kappa shape index (κ2) is 9.38. The molecule has 0 spiro atoms. The van der Waals surface area contributed by atoms with Crippen LogP contribution in [-0.4, -0.2) is 65.8 Å². The lowest BCUT2D eigenvalue weighted by molar-refractivity contribution is -0.136. The minimum absolute atomic E-state index is 0.219. The van der Waals surface area contributed by atoms with E-state index in [1.807, 2.05) is 28.0 Å². The van der Waals surface area contributed by atoms with Gasteiger partial charge in [0.15, 0.2) is 0 Å². The molecule has 2 aliphatic rings. The largest absolute Gasteiger partial charge is 0.343 e. The summed E-state index contributed by atoms with van der Waals surface area (Å²) in [5.74, 6) is 0.468. The van der Waals surface area contributed by atoms with Gasteiger partial charge in [0.2, 0.25) is 11.8 Å². The lowest BCUT2D eigenvalue weighted by Gasteiger charge is -2.35. The molecule has 26 heavy (non-hydrogen) atoms. The normalized spacial score (nSPS) is 19.0. The van der Waals surface area contributed by atoms with Crippen molar-refractivity contribution < 1.29 is 9.59 Å². The van der Waals surface area contributed by atoms with Gasteiger partial charge in [0.05, 0.1) is 0 Å². The van der Waals surface area contributed by atoms with Crippen molar-refractivity contribution in [2.24, 2.45) is 0 Å². The van der Waals surface area contributed by atoms with Crippen LogP contribution in [-0.2, 0) is 16.1 Å². The summed E-state index contributed by atoms with van der Waals surface area (Å²) in [5.41, 5.74) is 1.21. The van der Waals surface area contributed by atoms with E-state index < -0.39 is 0 Å². The number of hydrogen-bond donors (Lipinski definition) is 0. The molecule has 0 saturated carbocycles. The maximum Gasteiger partial charge on any atom is 0.222 e. The summed E-state index contributed by atoms with van der Waals surface area (Å²) < 4.78 is 0. The Morgan fingerprint density at radius 3 is 2.62 bits per heavy atom. The number of amides is 2. The van der Waals surface area contributed by atoms with Crippen LogP contribution in [0.25, 0.3) is 0 Å². The monoisotopic (exact) mass is 377 g/mol. The van der Waals surface area contributed by atoms with Crippen LogP contribution in [0.15, 0.2) is 24.3 Å². The Morgan fingerprint density at radius 1 is 1.08 bits per heavy atom. The van der Waals surface area contributed by atoms with Crippen LogP contribution in [0.2, 0.25) is 5.02 Å². The molecular weight excluding hydrogens is 350 g/mol. The van der Waals surface area contributed by atoms with Gasteiger partial charge >= 0.3 is 0 Å². The first-order valence-corrected chi connectivity index (χ1v) is 10.0. The fourth-order valence-corrected chi connectivity index (χ4v) is 3.94. The highest BCUT2D eigenvalue weighted by Crippen LogP contribution is 2.15. The number of rotatable bonds is 6. The summed E-state index contributed by atoms with van der Waals surface area (Å²) in [7, 11) is 0. The third-order valence-electron chi connectivity index (χ3n) is 5.26. The first-order valence-electron chi connectivity index (χ1n) is 9.64. The summed E-state index contributed by atoms with van der Waals surface area (Å²) in [5, 5.41) is 0.767. The van der Waals surface area contributed by atoms with Crippen molar-refractivity contribution >= 4 is 23.4 Å². The molecule has 3 rings (SSSR count). The molecule has 0 N–H and O–H groups in total. The van der Waals surface area contributed by atoms with Crippen LogP contribution in [0.5, 0.6) is 0 Å². The van der Waals surface area contributed by atoms with Crippen LogP contribution in [0.1, 0.15) is 37.7 Å². The summed E-state index contributed by atoms with van der Waals surface area (Å²) in [4.78, 5) is 30.5. The number of piperazine rings is 1. The van der Waals surface area contributed by atoms with Crippen LogP contribution in [0.3, 0.4) is 0 Å². The quantitative estimate of drug-likeness (QED) is 0.765. The molecule has 1 aromatic rings. The predicted octanol–water partition coefficient (Wildman–Crippen LogP) is 2.78. The Hall–Kier alpha value is -1.59. The number of benzene rings is 1. The summed E-state index contributed by atoms with van der Waals surface area (Å²) in [6.45, 7) is 5.80. The molecular formula is C20H28ClN3O2. The van der Waals surface area contributed by atoms with E-state index in [2.05, 4.69) is 11.0 Å². The first-order chi connectivity index (χ1) is 12.6. The van der Waals surface area contributed by atoms with E-state index in [9.17, 15) is 9.59 Å². The molecule has 0 bridgehead atoms. The highest BCUT2D eigenvalue weighted by molar-refractivity contribution is 6.30. The van der Waals surface area contributed by atoms with Gasteiger partial charge in [0.1, 0.15) is 0 Å². The fraction of sp³-hybridized carbons (Fsp3) is 0.600. The van der Waals surface area contributed by atoms with Gasteiger partial charge in [-0.2, -0.15) is 0 Å². The van der Waals surface area contributed by atoms with Crippen molar-refractivity contribution in [3.05, 3.63) is 34.9 Å². The van der Waals surface area contributed by atoms with Gasteiger partial charge in [-0.05, 0) is 37.0 Å². The molecule has 142 valence electrons. The average Bonchev–Trinajstić information content (AvgIpc) is 2.64. The van der Waals surface area contributed by atoms with E-state index in [4.69, 9.17) is 11.6 Å². The average molecular weight is 378 g/mol. The van der Waals surface area contributed by atoms with E-state index in [0.29, 0.717) is 12.8 Å². The maximum absolute atomic E-state index is 12.4. The maximum atomic E-state index is 12.4. The van der Waals surface area contributed by atoms with E-state index in [1.54, 1.807) is 0 Å². The Bertz CT molecular complexity index is 629. The van der Waals surface area contributed by atoms with Gasteiger partial charge in [0.25, 0.3) is 0 Å². The number of likely N-dealkylation sites (tertiary alicyclic amines) is 1. The zero-order valence-electron chi connectivity index (χ0n) is 15.3. The van der Waals surface area contributed by atoms with Gasteiger partial charge in [-0.25, -0.2) is 0 Å². The van der Waals surface area contributed by atoms with Gasteiger partial charge in [0, 0.05) is 63.7 Å². The minimum Gasteiger partial charge on any atom is -0.343 e. The Kier molecular flexibility index (Phi) is 6.92. The number of halogens is 1. The Labute approximate surface area is 160 Å². The van der Waals surface area contributed by atoms with Crippen LogP contribution in [0, 0.1) is 0 Å². The molecule has 2 saturated heterocycles. The zero-order valence-corrected chi connectivity index (χ0v) is 16.1. The Balaban J connectivity index is 1.36. The molecule has 2 heterocycles. The van der Waals surface area contributed by atoms with Gasteiger partial charge in [-0.3, -0.25) is 14.5 Å². The molecule has 0 aliphatic carbocycles. The summed E-state index contributed by atoms with van der Waals surface area (Å²) in [6, 6.07) is 7.95. The highest BCUT2D eigenvalue weighted by Gasteiger charge is 2.22. The van der Waals surface area contributed by atoms with Crippen molar-refractivity contribution in [2.75, 3.05) is 39.3 Å². The minimum atomic E-state index is 0.219. The summed E-state index contributed by atoms with van der Waals surface area (Å²) in [6.07, 6.45) is 4.08. The van der Waals surface area contributed by atoms with Crippen molar-refractivity contribution in [3.8, 4) is 0 Å². The molecule has 0 atom stereocenters. The van der Waals surface area contributed by atoms with E-state index in [-0.39, 0.29) is 11.8 Å². The molecule has 6 heteroatoms. The van der Waals surface area contributed by atoms with Gasteiger partial charge in [-0.1, -0.05) is 23.7 Å². The second-order valence-corrected chi connectivity index (χ2v) is 7.66. The summed E-state index contributed by atoms with van der Waals surface area (Å²) >= 11 is 6.04. The SMILES string of the molecule is O=C1CCCCN1CCCC(=O)N1CCN(Cc2cccc(Cl)c2)CC1. The van der Waals surface area contributed by atoms with Crippen LogP contribution in [0.4, 0.5) is 0 Å². The Morgan fingerprint density at radius 2 is 1.88 bits per heavy atom. The van der Waals surface area contributed by atoms with E-state index in [0.717, 1.165) is 70.1 Å². The molecule has 2 amide bonds. The molecule has 2 fully saturated rings. The molecule has 1 aromatic carbocycles. The topological polar surface area (TPSA) is 43.9 Å². The predicted molar refractivity (Wildman–Crippen MR) is 103 cm³/mol. The third-order valence-corrected chi connectivity index (χ3v) is 5.50. The van der Waals surface area contributed by atoms with Crippen molar-refractivity contribution in [2.45, 2.75) is 38.6 Å². The molecule has 0 unspecified atom stereocenters. The van der Waals surface area contributed by atoms with E-state index >= 15 is 0 Å². The number of piperidine rings is 1. The van der Waals surface area contributed by atoms with Crippen LogP contribution >= 0.6 is 11.6 Å². The van der Waals surface area contributed by atoms with Crippen molar-refractivity contribution in [1.82, 2.24) is 14.7 Å². The van der Waals surface area contributed by atoms with E-state index in [1.165, 1.54) is 5.56 Å². The lowest BCUT2D eigenvalue weighted by Crippen LogP contribution is -2.48. The standard InChI is InChI=1S/C20H28ClN3O2/c21-18-6-3-5-17(15-18)16-22-11-13-24(14-12-22)20(26)8-4-10-23-9-2-1-7-19(23)25/h3,5-6,15H,1-2,4,7-14,16H2. The van der Waals surface area contributed by atoms with Crippen molar-refractivity contribution in [1.29, 1.82) is 0 Å². The molecule has 0 radical (unpaired) electrons. The first kappa shape index (κ1) is 19.2. The third kappa shape index (κ3) is 5.45. The lowest BCUT2D eigenvalue weighted by atomic mass is 10.1. The van der Waals surface area contributed by atoms with Crippen LogP contribution < -0.4 is 0 Å². The molecule has 0 aromatic heterocycles. The number of carbonyl (C=O) groups is 2. The van der Waals surface area contributed by atoms with Gasteiger partial charge in [-0.15, -0.1) is 0 Å². The van der Waals surface area contributed by atoms with Crippen molar-refractivity contribution in [3.63, 3.8) is 0 Å². The zero-order chi connectivity index (χ0) is 18.4.